The Balaban J connectivity index is 1.77. The lowest BCUT2D eigenvalue weighted by molar-refractivity contribution is -0.113. The number of nitrogens with zero attached hydrogens (tertiary/aromatic N) is 2. The predicted molar refractivity (Wildman–Crippen MR) is 106 cm³/mol. The molecule has 0 spiro atoms. The van der Waals surface area contributed by atoms with Crippen molar-refractivity contribution in [2.24, 2.45) is 4.40 Å². The van der Waals surface area contributed by atoms with Gasteiger partial charge >= 0.3 is 0 Å². The molecule has 2 aromatic carbocycles. The Bertz CT molecular complexity index is 993. The number of rotatable bonds is 5. The number of anilines is 2. The molecule has 1 N–H and O–H groups in total. The average Bonchev–Trinajstić information content (AvgIpc) is 2.63. The monoisotopic (exact) mass is 407 g/mol. The molecule has 9 heteroatoms. The number of carbonyl (C=O) groups excluding carboxylic acids is 1. The van der Waals surface area contributed by atoms with Gasteiger partial charge in [-0.15, -0.1) is 4.40 Å². The number of sulfonamides is 1. The number of amides is 1. The van der Waals surface area contributed by atoms with Crippen LogP contribution < -0.4 is 10.2 Å². The van der Waals surface area contributed by atoms with E-state index in [1.165, 1.54) is 24.3 Å². The van der Waals surface area contributed by atoms with Crippen LogP contribution in [0.2, 0.25) is 0 Å². The van der Waals surface area contributed by atoms with Gasteiger partial charge in [0.05, 0.1) is 11.4 Å². The zero-order chi connectivity index (χ0) is 19.4. The van der Waals surface area contributed by atoms with Crippen LogP contribution in [0.3, 0.4) is 0 Å². The summed E-state index contributed by atoms with van der Waals surface area (Å²) in [5.41, 5.74) is 0.900. The van der Waals surface area contributed by atoms with E-state index in [1.807, 2.05) is 6.92 Å². The number of nitrogens with one attached hydrogen (secondary N) is 1. The van der Waals surface area contributed by atoms with Crippen LogP contribution in [0.1, 0.15) is 13.3 Å². The Labute approximate surface area is 161 Å². The smallest absolute Gasteiger partial charge is 0.286 e. The summed E-state index contributed by atoms with van der Waals surface area (Å²) in [5, 5.41) is 2.84. The molecule has 1 aliphatic heterocycles. The number of hydrogen-bond acceptors (Lipinski definition) is 5. The van der Waals surface area contributed by atoms with Gasteiger partial charge in [-0.3, -0.25) is 4.79 Å². The maximum Gasteiger partial charge on any atom is 0.286 e. The van der Waals surface area contributed by atoms with E-state index in [9.17, 15) is 17.6 Å². The zero-order valence-electron chi connectivity index (χ0n) is 14.6. The van der Waals surface area contributed by atoms with Gasteiger partial charge in [0, 0.05) is 12.2 Å². The van der Waals surface area contributed by atoms with Crippen LogP contribution >= 0.6 is 11.8 Å². The Morgan fingerprint density at radius 1 is 1.22 bits per heavy atom. The third-order valence-corrected chi connectivity index (χ3v) is 6.16. The highest BCUT2D eigenvalue weighted by molar-refractivity contribution is 8.15. The van der Waals surface area contributed by atoms with Gasteiger partial charge in [0.15, 0.2) is 5.17 Å². The lowest BCUT2D eigenvalue weighted by Crippen LogP contribution is -2.35. The van der Waals surface area contributed by atoms with Crippen molar-refractivity contribution in [1.29, 1.82) is 0 Å². The molecule has 0 aliphatic carbocycles. The minimum Gasteiger partial charge on any atom is -0.325 e. The summed E-state index contributed by atoms with van der Waals surface area (Å²) < 4.78 is 42.0. The maximum atomic E-state index is 13.2. The molecule has 0 bridgehead atoms. The molecule has 0 aromatic heterocycles. The van der Waals surface area contributed by atoms with Gasteiger partial charge < -0.3 is 10.2 Å². The standard InChI is InChI=1S/C18H18FN3O3S2/c1-2-10-22-15-8-3-4-9-16(15)27(24,25)21-18(22)26-12-17(23)20-14-7-5-6-13(19)11-14/h3-9,11H,2,10,12H2,1H3,(H,20,23). The first-order chi connectivity index (χ1) is 12.9. The molecule has 0 saturated heterocycles. The second-order valence-corrected chi connectivity index (χ2v) is 8.33. The number of halogens is 1. The van der Waals surface area contributed by atoms with E-state index >= 15 is 0 Å². The Hall–Kier alpha value is -2.39. The van der Waals surface area contributed by atoms with Crippen molar-refractivity contribution in [3.8, 4) is 0 Å². The number of carbonyl (C=O) groups is 1. The molecule has 0 radical (unpaired) electrons. The number of para-hydroxylation sites is 1. The summed E-state index contributed by atoms with van der Waals surface area (Å²) in [4.78, 5) is 14.1. The summed E-state index contributed by atoms with van der Waals surface area (Å²) in [6.07, 6.45) is 0.781. The molecule has 0 saturated carbocycles. The van der Waals surface area contributed by atoms with E-state index in [-0.39, 0.29) is 21.7 Å². The fourth-order valence-electron chi connectivity index (χ4n) is 2.64. The van der Waals surface area contributed by atoms with Crippen molar-refractivity contribution in [2.45, 2.75) is 18.2 Å². The summed E-state index contributed by atoms with van der Waals surface area (Å²) in [5.74, 6) is -0.872. The molecule has 142 valence electrons. The first-order valence-corrected chi connectivity index (χ1v) is 10.7. The minimum absolute atomic E-state index is 0.0484. The van der Waals surface area contributed by atoms with Crippen LogP contribution in [0.5, 0.6) is 0 Å². The second kappa shape index (κ2) is 8.10. The van der Waals surface area contributed by atoms with Crippen molar-refractivity contribution in [1.82, 2.24) is 0 Å². The number of thioether (sulfide) groups is 1. The lowest BCUT2D eigenvalue weighted by atomic mass is 10.3. The normalized spacial score (nSPS) is 15.0. The van der Waals surface area contributed by atoms with Crippen molar-refractivity contribution in [2.75, 3.05) is 22.5 Å². The third kappa shape index (κ3) is 4.48. The molecule has 2 aromatic rings. The van der Waals surface area contributed by atoms with E-state index in [0.29, 0.717) is 17.9 Å². The van der Waals surface area contributed by atoms with E-state index in [1.54, 1.807) is 29.2 Å². The van der Waals surface area contributed by atoms with E-state index < -0.39 is 15.8 Å². The van der Waals surface area contributed by atoms with Crippen LogP contribution in [0.25, 0.3) is 0 Å². The van der Waals surface area contributed by atoms with E-state index in [4.69, 9.17) is 0 Å². The van der Waals surface area contributed by atoms with Crippen LogP contribution in [-0.2, 0) is 14.8 Å². The molecule has 1 amide bonds. The van der Waals surface area contributed by atoms with Gasteiger partial charge in [0.1, 0.15) is 10.7 Å². The van der Waals surface area contributed by atoms with Crippen LogP contribution in [-0.4, -0.2) is 31.8 Å². The average molecular weight is 407 g/mol. The Morgan fingerprint density at radius 3 is 2.74 bits per heavy atom. The molecule has 27 heavy (non-hydrogen) atoms. The van der Waals surface area contributed by atoms with Crippen molar-refractivity contribution < 1.29 is 17.6 Å². The number of hydrogen-bond donors (Lipinski definition) is 1. The predicted octanol–water partition coefficient (Wildman–Crippen LogP) is 3.47. The summed E-state index contributed by atoms with van der Waals surface area (Å²) in [6.45, 7) is 2.55. The third-order valence-electron chi connectivity index (χ3n) is 3.75. The van der Waals surface area contributed by atoms with Gasteiger partial charge in [-0.1, -0.05) is 36.9 Å². The molecule has 6 nitrogen and oxygen atoms in total. The number of benzene rings is 2. The Kier molecular flexibility index (Phi) is 5.81. The van der Waals surface area contributed by atoms with Gasteiger partial charge in [-0.05, 0) is 36.8 Å². The zero-order valence-corrected chi connectivity index (χ0v) is 16.2. The summed E-state index contributed by atoms with van der Waals surface area (Å²) in [6, 6.07) is 12.2. The summed E-state index contributed by atoms with van der Waals surface area (Å²) in [7, 11) is -3.81. The van der Waals surface area contributed by atoms with Crippen LogP contribution in [0.15, 0.2) is 57.8 Å². The molecule has 0 atom stereocenters. The maximum absolute atomic E-state index is 13.2. The van der Waals surface area contributed by atoms with Crippen molar-refractivity contribution >= 4 is 44.2 Å². The fourth-order valence-corrected chi connectivity index (χ4v) is 4.92. The topological polar surface area (TPSA) is 78.8 Å². The second-order valence-electron chi connectivity index (χ2n) is 5.82. The van der Waals surface area contributed by atoms with Gasteiger partial charge in [0.2, 0.25) is 5.91 Å². The van der Waals surface area contributed by atoms with E-state index in [2.05, 4.69) is 9.71 Å². The molecule has 1 aliphatic rings. The van der Waals surface area contributed by atoms with E-state index in [0.717, 1.165) is 18.2 Å². The highest BCUT2D eigenvalue weighted by Crippen LogP contribution is 2.34. The van der Waals surface area contributed by atoms with Crippen molar-refractivity contribution in [3.63, 3.8) is 0 Å². The fraction of sp³-hybridized carbons (Fsp3) is 0.222. The largest absolute Gasteiger partial charge is 0.325 e. The number of amidine groups is 1. The Morgan fingerprint density at radius 2 is 2.00 bits per heavy atom. The van der Waals surface area contributed by atoms with Crippen LogP contribution in [0.4, 0.5) is 15.8 Å². The van der Waals surface area contributed by atoms with Crippen LogP contribution in [0, 0.1) is 5.82 Å². The summed E-state index contributed by atoms with van der Waals surface area (Å²) >= 11 is 1.03. The van der Waals surface area contributed by atoms with Gasteiger partial charge in [-0.25, -0.2) is 4.39 Å². The number of fused-ring (bicyclic) bond motifs is 1. The molecular weight excluding hydrogens is 389 g/mol. The molecule has 3 rings (SSSR count). The van der Waals surface area contributed by atoms with Gasteiger partial charge in [-0.2, -0.15) is 8.42 Å². The highest BCUT2D eigenvalue weighted by Gasteiger charge is 2.30. The first-order valence-electron chi connectivity index (χ1n) is 8.30. The quantitative estimate of drug-likeness (QED) is 0.821. The van der Waals surface area contributed by atoms with Crippen molar-refractivity contribution in [3.05, 3.63) is 54.3 Å². The highest BCUT2D eigenvalue weighted by atomic mass is 32.2. The lowest BCUT2D eigenvalue weighted by Gasteiger charge is -2.29. The minimum atomic E-state index is -3.81. The first kappa shape index (κ1) is 19.4. The molecular formula is C18H18FN3O3S2. The molecule has 0 unspecified atom stereocenters. The molecule has 0 fully saturated rings. The molecule has 1 heterocycles. The van der Waals surface area contributed by atoms with Gasteiger partial charge in [0.25, 0.3) is 10.0 Å². The SMILES string of the molecule is CCCN1C(SCC(=O)Nc2cccc(F)c2)=NS(=O)(=O)c2ccccc21.